The van der Waals surface area contributed by atoms with Crippen molar-refractivity contribution in [2.24, 2.45) is 0 Å². The first-order chi connectivity index (χ1) is 14.2. The Morgan fingerprint density at radius 1 is 1.27 bits per heavy atom. The first-order valence-electron chi connectivity index (χ1n) is 9.02. The lowest BCUT2D eigenvalue weighted by atomic mass is 10.1. The lowest BCUT2D eigenvalue weighted by Gasteiger charge is -2.09. The number of hydrogen-bond acceptors (Lipinski definition) is 5. The van der Waals surface area contributed by atoms with Gasteiger partial charge in [-0.3, -0.25) is 0 Å². The topological polar surface area (TPSA) is 114 Å². The maximum atomic E-state index is 13.2. The third-order valence-corrected chi connectivity index (χ3v) is 6.87. The summed E-state index contributed by atoms with van der Waals surface area (Å²) in [6.07, 6.45) is 0.760. The molecule has 1 aromatic heterocycles. The smallest absolute Gasteiger partial charge is 0.241 e. The molecule has 0 unspecified atom stereocenters. The molecule has 30 heavy (non-hydrogen) atoms. The van der Waals surface area contributed by atoms with Crippen LogP contribution in [0.15, 0.2) is 51.8 Å². The zero-order valence-electron chi connectivity index (χ0n) is 16.1. The summed E-state index contributed by atoms with van der Waals surface area (Å²) >= 11 is 3.28. The number of rotatable bonds is 7. The van der Waals surface area contributed by atoms with E-state index in [0.29, 0.717) is 28.7 Å². The van der Waals surface area contributed by atoms with E-state index >= 15 is 0 Å². The number of hydrogen-bond donors (Lipinski definition) is 2. The lowest BCUT2D eigenvalue weighted by molar-refractivity contribution is 0.578. The Labute approximate surface area is 182 Å². The number of anilines is 1. The maximum Gasteiger partial charge on any atom is 0.241 e. The molecular formula is C20H19BrFN5O2S. The highest BCUT2D eigenvalue weighted by Gasteiger charge is 2.19. The van der Waals surface area contributed by atoms with Crippen LogP contribution in [0.3, 0.4) is 0 Å². The number of nitrogens with one attached hydrogen (secondary N) is 1. The van der Waals surface area contributed by atoms with Crippen molar-refractivity contribution in [3.05, 3.63) is 69.6 Å². The number of aromatic nitrogens is 2. The molecule has 0 aliphatic heterocycles. The minimum absolute atomic E-state index is 0.156. The van der Waals surface area contributed by atoms with Gasteiger partial charge in [-0.15, -0.1) is 0 Å². The first kappa shape index (κ1) is 22.0. The normalized spacial score (nSPS) is 11.4. The number of nitriles is 1. The molecule has 0 atom stereocenters. The van der Waals surface area contributed by atoms with Crippen molar-refractivity contribution < 1.29 is 12.8 Å². The molecule has 0 spiro atoms. The van der Waals surface area contributed by atoms with E-state index in [4.69, 9.17) is 5.73 Å². The van der Waals surface area contributed by atoms with Crippen LogP contribution in [0, 0.1) is 24.1 Å². The molecule has 0 saturated heterocycles. The Morgan fingerprint density at radius 2 is 1.97 bits per heavy atom. The van der Waals surface area contributed by atoms with Crippen molar-refractivity contribution in [3.8, 4) is 11.8 Å². The van der Waals surface area contributed by atoms with Gasteiger partial charge >= 0.3 is 0 Å². The molecular weight excluding hydrogens is 473 g/mol. The van der Waals surface area contributed by atoms with Crippen LogP contribution in [-0.4, -0.2) is 24.7 Å². The molecule has 0 radical (unpaired) electrons. The van der Waals surface area contributed by atoms with Crippen molar-refractivity contribution in [2.45, 2.75) is 24.7 Å². The van der Waals surface area contributed by atoms with Crippen LogP contribution in [0.1, 0.15) is 23.2 Å². The van der Waals surface area contributed by atoms with Gasteiger partial charge in [-0.2, -0.15) is 10.4 Å². The largest absolute Gasteiger partial charge is 0.382 e. The third kappa shape index (κ3) is 4.70. The number of aryl methyl sites for hydroxylation is 2. The van der Waals surface area contributed by atoms with Gasteiger partial charge in [-0.05, 0) is 77.7 Å². The number of nitrogen functional groups attached to an aromatic ring is 1. The van der Waals surface area contributed by atoms with Gasteiger partial charge in [0.1, 0.15) is 23.3 Å². The second-order valence-electron chi connectivity index (χ2n) is 6.64. The zero-order valence-corrected chi connectivity index (χ0v) is 18.5. The summed E-state index contributed by atoms with van der Waals surface area (Å²) in [4.78, 5) is 0.163. The zero-order chi connectivity index (χ0) is 21.9. The number of nitrogens with zero attached hydrogens (tertiary/aromatic N) is 3. The lowest BCUT2D eigenvalue weighted by Crippen LogP contribution is -2.25. The Kier molecular flexibility index (Phi) is 6.55. The summed E-state index contributed by atoms with van der Waals surface area (Å²) in [6.45, 7) is 2.04. The van der Waals surface area contributed by atoms with Crippen molar-refractivity contribution in [1.29, 1.82) is 5.26 Å². The second-order valence-corrected chi connectivity index (χ2v) is 9.23. The number of benzene rings is 2. The molecule has 0 bridgehead atoms. The van der Waals surface area contributed by atoms with Crippen molar-refractivity contribution in [3.63, 3.8) is 0 Å². The summed E-state index contributed by atoms with van der Waals surface area (Å²) in [6, 6.07) is 12.6. The van der Waals surface area contributed by atoms with Gasteiger partial charge in [0.2, 0.25) is 10.0 Å². The molecule has 0 saturated carbocycles. The highest BCUT2D eigenvalue weighted by Crippen LogP contribution is 2.24. The average molecular weight is 492 g/mol. The van der Waals surface area contributed by atoms with E-state index in [1.54, 1.807) is 18.2 Å². The molecule has 1 heterocycles. The number of sulfonamides is 1. The molecule has 3 aromatic rings. The summed E-state index contributed by atoms with van der Waals surface area (Å²) < 4.78 is 42.6. The summed E-state index contributed by atoms with van der Waals surface area (Å²) in [5.74, 6) is -0.235. The van der Waals surface area contributed by atoms with Gasteiger partial charge in [0.15, 0.2) is 0 Å². The van der Waals surface area contributed by atoms with Crippen LogP contribution >= 0.6 is 15.9 Å². The highest BCUT2D eigenvalue weighted by atomic mass is 79.9. The monoisotopic (exact) mass is 491 g/mol. The van der Waals surface area contributed by atoms with Gasteiger partial charge in [-0.25, -0.2) is 22.2 Å². The quantitative estimate of drug-likeness (QED) is 0.491. The highest BCUT2D eigenvalue weighted by molar-refractivity contribution is 9.10. The Hall–Kier alpha value is -2.74. The van der Waals surface area contributed by atoms with E-state index in [1.165, 1.54) is 28.9 Å². The van der Waals surface area contributed by atoms with E-state index in [0.717, 1.165) is 5.56 Å². The number of nitrogens with two attached hydrogens (primary N) is 1. The molecule has 156 valence electrons. The van der Waals surface area contributed by atoms with Gasteiger partial charge < -0.3 is 5.73 Å². The molecule has 0 amide bonds. The molecule has 0 aliphatic carbocycles. The van der Waals surface area contributed by atoms with E-state index in [1.807, 2.05) is 13.0 Å². The van der Waals surface area contributed by atoms with Gasteiger partial charge in [0.25, 0.3) is 0 Å². The molecule has 0 aliphatic rings. The van der Waals surface area contributed by atoms with E-state index < -0.39 is 15.8 Å². The van der Waals surface area contributed by atoms with Crippen LogP contribution in [0.2, 0.25) is 0 Å². The molecule has 0 fully saturated rings. The first-order valence-corrected chi connectivity index (χ1v) is 11.3. The minimum Gasteiger partial charge on any atom is -0.382 e. The predicted octanol–water partition coefficient (Wildman–Crippen LogP) is 3.45. The van der Waals surface area contributed by atoms with Crippen LogP contribution in [0.5, 0.6) is 0 Å². The van der Waals surface area contributed by atoms with Crippen LogP contribution in [0.25, 0.3) is 5.69 Å². The Balaban J connectivity index is 1.70. The molecule has 3 rings (SSSR count). The fourth-order valence-corrected chi connectivity index (χ4v) is 5.18. The van der Waals surface area contributed by atoms with Gasteiger partial charge in [0.05, 0.1) is 16.3 Å². The van der Waals surface area contributed by atoms with Gasteiger partial charge in [-0.1, -0.05) is 6.07 Å². The van der Waals surface area contributed by atoms with Crippen LogP contribution in [-0.2, 0) is 16.4 Å². The summed E-state index contributed by atoms with van der Waals surface area (Å²) in [5, 5.41) is 13.8. The van der Waals surface area contributed by atoms with Crippen molar-refractivity contribution >= 4 is 31.8 Å². The molecule has 3 N–H and O–H groups in total. The van der Waals surface area contributed by atoms with Crippen LogP contribution in [0.4, 0.5) is 10.2 Å². The average Bonchev–Trinajstić information content (AvgIpc) is 3.01. The maximum absolute atomic E-state index is 13.2. The predicted molar refractivity (Wildman–Crippen MR) is 115 cm³/mol. The fourth-order valence-electron chi connectivity index (χ4n) is 2.92. The SMILES string of the molecule is Cc1ccc(S(=O)(=O)NCCCc2nn(-c3ccc(F)cc3)c(N)c2C#N)c(Br)c1. The summed E-state index contributed by atoms with van der Waals surface area (Å²) in [7, 11) is -3.68. The third-order valence-electron chi connectivity index (χ3n) is 4.44. The second kappa shape index (κ2) is 8.95. The van der Waals surface area contributed by atoms with Crippen molar-refractivity contribution in [1.82, 2.24) is 14.5 Å². The fraction of sp³-hybridized carbons (Fsp3) is 0.200. The Morgan fingerprint density at radius 3 is 2.60 bits per heavy atom. The van der Waals surface area contributed by atoms with Crippen LogP contribution < -0.4 is 10.5 Å². The van der Waals surface area contributed by atoms with Crippen molar-refractivity contribution in [2.75, 3.05) is 12.3 Å². The molecule has 7 nitrogen and oxygen atoms in total. The molecule has 2 aromatic carbocycles. The van der Waals surface area contributed by atoms with Gasteiger partial charge in [0, 0.05) is 11.0 Å². The number of halogens is 2. The van der Waals surface area contributed by atoms with E-state index in [9.17, 15) is 18.1 Å². The standard InChI is InChI=1S/C20H19BrFN5O2S/c1-13-4-9-19(17(21)11-13)30(28,29)25-10-2-3-18-16(12-23)20(24)27(26-18)15-7-5-14(22)6-8-15/h4-9,11,25H,2-3,10,24H2,1H3. The molecule has 10 heteroatoms. The Bertz CT molecular complexity index is 1220. The van der Waals surface area contributed by atoms with E-state index in [2.05, 4.69) is 25.8 Å². The minimum atomic E-state index is -3.68. The van der Waals surface area contributed by atoms with E-state index in [-0.39, 0.29) is 22.8 Å². The summed E-state index contributed by atoms with van der Waals surface area (Å²) in [5.41, 5.74) is 8.18.